The summed E-state index contributed by atoms with van der Waals surface area (Å²) in [5.41, 5.74) is -0.590. The largest absolute Gasteiger partial charge is 0.464 e. The molecule has 6 nitrogen and oxygen atoms in total. The zero-order chi connectivity index (χ0) is 21.7. The number of hydrogen-bond donors (Lipinski definition) is 0. The molecule has 0 bridgehead atoms. The van der Waals surface area contributed by atoms with E-state index in [0.717, 1.165) is 11.8 Å². The lowest BCUT2D eigenvalue weighted by Gasteiger charge is -2.48. The Hall–Kier alpha value is -1.89. The lowest BCUT2D eigenvalue weighted by atomic mass is 9.68. The Bertz CT molecular complexity index is 799. The van der Waals surface area contributed by atoms with Gasteiger partial charge in [-0.3, -0.25) is 9.59 Å². The second kappa shape index (κ2) is 7.17. The topological polar surface area (TPSA) is 86.7 Å². The van der Waals surface area contributed by atoms with Crippen LogP contribution in [0, 0.1) is 10.8 Å². The number of thioether (sulfide) groups is 1. The fourth-order valence-electron chi connectivity index (χ4n) is 3.51. The van der Waals surface area contributed by atoms with Crippen molar-refractivity contribution in [3.05, 3.63) is 21.6 Å². The zero-order valence-electron chi connectivity index (χ0n) is 17.8. The number of esters is 2. The fraction of sp³-hybridized carbons (Fsp3) is 0.619. The van der Waals surface area contributed by atoms with E-state index in [1.165, 1.54) is 0 Å². The van der Waals surface area contributed by atoms with Gasteiger partial charge in [0.2, 0.25) is 16.3 Å². The molecule has 7 heteroatoms. The highest BCUT2D eigenvalue weighted by atomic mass is 32.2. The molecule has 0 atom stereocenters. The van der Waals surface area contributed by atoms with Crippen LogP contribution in [0.4, 0.5) is 0 Å². The van der Waals surface area contributed by atoms with Gasteiger partial charge in [0.15, 0.2) is 0 Å². The van der Waals surface area contributed by atoms with Crippen LogP contribution in [0.2, 0.25) is 0 Å². The molecule has 0 aromatic heterocycles. The second-order valence-corrected chi connectivity index (χ2v) is 10.1. The van der Waals surface area contributed by atoms with Crippen molar-refractivity contribution in [3.8, 4) is 0 Å². The van der Waals surface area contributed by atoms with Crippen molar-refractivity contribution < 1.29 is 28.7 Å². The number of rotatable bonds is 4. The molecule has 28 heavy (non-hydrogen) atoms. The molecule has 0 aromatic carbocycles. The maximum absolute atomic E-state index is 13.1. The molecule has 1 fully saturated rings. The predicted octanol–water partition coefficient (Wildman–Crippen LogP) is 3.39. The Morgan fingerprint density at radius 1 is 0.821 bits per heavy atom. The van der Waals surface area contributed by atoms with Crippen molar-refractivity contribution in [1.82, 2.24) is 0 Å². The zero-order valence-corrected chi connectivity index (χ0v) is 18.6. The van der Waals surface area contributed by atoms with Crippen LogP contribution >= 0.6 is 11.8 Å². The number of hydrogen-bond acceptors (Lipinski definition) is 7. The molecule has 1 saturated heterocycles. The summed E-state index contributed by atoms with van der Waals surface area (Å²) in [7, 11) is 0. The van der Waals surface area contributed by atoms with E-state index in [4.69, 9.17) is 9.47 Å². The first-order chi connectivity index (χ1) is 12.7. The summed E-state index contributed by atoms with van der Waals surface area (Å²) >= 11 is 0.961. The van der Waals surface area contributed by atoms with Crippen LogP contribution in [0.1, 0.15) is 55.4 Å². The lowest BCUT2D eigenvalue weighted by Crippen LogP contribution is -2.57. The van der Waals surface area contributed by atoms with E-state index in [1.807, 2.05) is 20.8 Å². The van der Waals surface area contributed by atoms with Gasteiger partial charge in [-0.15, -0.1) is 0 Å². The van der Waals surface area contributed by atoms with E-state index in [9.17, 15) is 19.2 Å². The minimum absolute atomic E-state index is 0.0801. The van der Waals surface area contributed by atoms with E-state index in [0.29, 0.717) is 10.5 Å². The van der Waals surface area contributed by atoms with Gasteiger partial charge < -0.3 is 9.47 Å². The third-order valence-corrected chi connectivity index (χ3v) is 6.05. The van der Waals surface area contributed by atoms with Crippen LogP contribution in [0.15, 0.2) is 21.6 Å². The summed E-state index contributed by atoms with van der Waals surface area (Å²) in [6.07, 6.45) is 0. The first-order valence-corrected chi connectivity index (χ1v) is 10.2. The molecule has 0 amide bonds. The Balaban J connectivity index is 2.91. The number of ether oxygens (including phenoxy) is 2. The maximum atomic E-state index is 13.1. The Labute approximate surface area is 170 Å². The van der Waals surface area contributed by atoms with Gasteiger partial charge in [-0.05, 0) is 24.7 Å². The van der Waals surface area contributed by atoms with Gasteiger partial charge in [0.25, 0.3) is 0 Å². The molecule has 0 N–H and O–H groups in total. The Morgan fingerprint density at radius 3 is 1.57 bits per heavy atom. The molecule has 154 valence electrons. The van der Waals surface area contributed by atoms with Crippen LogP contribution in [0.3, 0.4) is 0 Å². The minimum atomic E-state index is -1.78. The fourth-order valence-corrected chi connectivity index (χ4v) is 5.11. The quantitative estimate of drug-likeness (QED) is 0.305. The highest BCUT2D eigenvalue weighted by molar-refractivity contribution is 8.08. The van der Waals surface area contributed by atoms with Gasteiger partial charge in [-0.1, -0.05) is 53.3 Å². The normalized spacial score (nSPS) is 19.3. The van der Waals surface area contributed by atoms with Gasteiger partial charge in [0, 0.05) is 21.6 Å². The monoisotopic (exact) mass is 408 g/mol. The molecule has 1 aliphatic carbocycles. The van der Waals surface area contributed by atoms with E-state index in [1.54, 1.807) is 34.6 Å². The maximum Gasteiger partial charge on any atom is 0.338 e. The van der Waals surface area contributed by atoms with Gasteiger partial charge in [0.05, 0.1) is 13.2 Å². The number of fused-ring (bicyclic) bond motifs is 1. The summed E-state index contributed by atoms with van der Waals surface area (Å²) in [5, 5.41) is 0. The Morgan fingerprint density at radius 2 is 1.21 bits per heavy atom. The summed E-state index contributed by atoms with van der Waals surface area (Å²) in [6, 6.07) is 0. The molecular formula is C21H28O6S. The summed E-state index contributed by atoms with van der Waals surface area (Å²) in [5.74, 6) is -2.79. The van der Waals surface area contributed by atoms with Crippen molar-refractivity contribution >= 4 is 35.3 Å². The Kier molecular flexibility index (Phi) is 5.74. The number of allylic oxidation sites excluding steroid dienone is 3. The number of ketones is 2. The van der Waals surface area contributed by atoms with Crippen molar-refractivity contribution in [2.75, 3.05) is 13.2 Å². The third-order valence-electron chi connectivity index (χ3n) is 4.60. The number of carbonyl (C=O) groups is 4. The van der Waals surface area contributed by atoms with Crippen LogP contribution in [-0.4, -0.2) is 41.5 Å². The summed E-state index contributed by atoms with van der Waals surface area (Å²) < 4.78 is 8.61. The molecule has 1 heterocycles. The number of carbonyl (C=O) groups excluding carboxylic acids is 4. The molecule has 0 saturated carbocycles. The molecule has 0 unspecified atom stereocenters. The predicted molar refractivity (Wildman–Crippen MR) is 107 cm³/mol. The molecular weight excluding hydrogens is 380 g/mol. The third kappa shape index (κ3) is 3.23. The molecule has 2 aliphatic rings. The molecule has 0 aromatic rings. The van der Waals surface area contributed by atoms with Crippen LogP contribution in [0.25, 0.3) is 0 Å². The molecule has 0 radical (unpaired) electrons. The van der Waals surface area contributed by atoms with Crippen LogP contribution < -0.4 is 0 Å². The van der Waals surface area contributed by atoms with Crippen molar-refractivity contribution in [1.29, 1.82) is 0 Å². The van der Waals surface area contributed by atoms with Gasteiger partial charge in [-0.2, -0.15) is 0 Å². The van der Waals surface area contributed by atoms with E-state index in [-0.39, 0.29) is 24.4 Å². The second-order valence-electron chi connectivity index (χ2n) is 8.84. The first-order valence-electron chi connectivity index (χ1n) is 9.37. The van der Waals surface area contributed by atoms with E-state index in [2.05, 4.69) is 0 Å². The van der Waals surface area contributed by atoms with Crippen molar-refractivity contribution in [2.24, 2.45) is 10.8 Å². The van der Waals surface area contributed by atoms with Gasteiger partial charge >= 0.3 is 11.9 Å². The summed E-state index contributed by atoms with van der Waals surface area (Å²) in [6.45, 7) is 14.3. The average Bonchev–Trinajstić information content (AvgIpc) is 2.51. The van der Waals surface area contributed by atoms with Crippen LogP contribution in [0.5, 0.6) is 0 Å². The van der Waals surface area contributed by atoms with E-state index >= 15 is 0 Å². The molecule has 2 rings (SSSR count). The highest BCUT2D eigenvalue weighted by Gasteiger charge is 2.67. The molecule has 0 spiro atoms. The average molecular weight is 409 g/mol. The smallest absolute Gasteiger partial charge is 0.338 e. The standard InChI is InChI=1S/C21H28O6S/c1-9-26-17(24)21(18(25)27-10-2)12-11(19(3,4)5)14(22)15(23)13(16(12)28-21)20(6,7)8/h9-10H2,1-8H3. The SMILES string of the molecule is CCOC(=O)C1(C(=O)OCC)SC2=C(C(C)(C)C)C(=O)C(=O)C(C(C)(C)C)=C21. The summed E-state index contributed by atoms with van der Waals surface area (Å²) in [4.78, 5) is 52.4. The number of Topliss-reactive ketones (excluding diaryl/α,β-unsaturated/α-hetero) is 2. The van der Waals surface area contributed by atoms with E-state index < -0.39 is 39.1 Å². The van der Waals surface area contributed by atoms with Gasteiger partial charge in [0.1, 0.15) is 0 Å². The molecule has 1 aliphatic heterocycles. The van der Waals surface area contributed by atoms with Crippen molar-refractivity contribution in [2.45, 2.75) is 60.1 Å². The van der Waals surface area contributed by atoms with Crippen molar-refractivity contribution in [3.63, 3.8) is 0 Å². The highest BCUT2D eigenvalue weighted by Crippen LogP contribution is 2.63. The van der Waals surface area contributed by atoms with Crippen LogP contribution in [-0.2, 0) is 28.7 Å². The lowest BCUT2D eigenvalue weighted by molar-refractivity contribution is -0.157. The van der Waals surface area contributed by atoms with Gasteiger partial charge in [-0.25, -0.2) is 9.59 Å². The minimum Gasteiger partial charge on any atom is -0.464 e. The first kappa shape index (κ1) is 22.4.